The molecule has 1 saturated carbocycles. The fourth-order valence-electron chi connectivity index (χ4n) is 8.08. The van der Waals surface area contributed by atoms with Gasteiger partial charge in [-0.3, -0.25) is 14.9 Å². The van der Waals surface area contributed by atoms with Crippen LogP contribution in [0.1, 0.15) is 104 Å². The van der Waals surface area contributed by atoms with Gasteiger partial charge >= 0.3 is 5.97 Å². The van der Waals surface area contributed by atoms with E-state index in [4.69, 9.17) is 9.47 Å². The number of hydrogen-bond acceptors (Lipinski definition) is 9. The molecule has 2 bridgehead atoms. The number of esters is 1. The quantitative estimate of drug-likeness (QED) is 0.182. The lowest BCUT2D eigenvalue weighted by molar-refractivity contribution is -0.148. The Kier molecular flexibility index (Phi) is 15.1. The molecule has 0 radical (unpaired) electrons. The fourth-order valence-corrected chi connectivity index (χ4v) is 8.08. The van der Waals surface area contributed by atoms with Crippen molar-refractivity contribution in [2.24, 2.45) is 34.6 Å². The molecule has 4 N–H and O–H groups in total. The van der Waals surface area contributed by atoms with Crippen LogP contribution >= 0.6 is 0 Å². The Bertz CT molecular complexity index is 1110. The van der Waals surface area contributed by atoms with E-state index >= 15 is 0 Å². The van der Waals surface area contributed by atoms with Crippen LogP contribution in [0.5, 0.6) is 0 Å². The van der Waals surface area contributed by atoms with Crippen LogP contribution in [0, 0.1) is 48.0 Å². The van der Waals surface area contributed by atoms with E-state index in [0.717, 1.165) is 64.3 Å². The van der Waals surface area contributed by atoms with Crippen molar-refractivity contribution in [1.29, 1.82) is 0 Å². The number of ketones is 1. The van der Waals surface area contributed by atoms with Crippen molar-refractivity contribution >= 4 is 18.0 Å². The molecule has 0 spiro atoms. The predicted octanol–water partition coefficient (Wildman–Crippen LogP) is 4.51. The number of piperidine rings is 1. The zero-order valence-electron chi connectivity index (χ0n) is 28.3. The summed E-state index contributed by atoms with van der Waals surface area (Å²) in [5.41, 5.74) is 2.61. The van der Waals surface area contributed by atoms with Crippen molar-refractivity contribution in [2.45, 2.75) is 128 Å². The van der Waals surface area contributed by atoms with Gasteiger partial charge in [0.2, 0.25) is 0 Å². The van der Waals surface area contributed by atoms with Crippen LogP contribution in [-0.2, 0) is 19.1 Å². The number of nitrogens with one attached hydrogen (secondary N) is 2. The third-order valence-electron chi connectivity index (χ3n) is 10.8. The molecule has 5 unspecified atom stereocenters. The van der Waals surface area contributed by atoms with Crippen molar-refractivity contribution in [1.82, 2.24) is 10.6 Å². The third-order valence-corrected chi connectivity index (χ3v) is 10.8. The standard InChI is InChI=1S/C37H58N3O6/c1-4-26-9-11-34(46-25(2)42)22-33(43)19-28(29-10-12-35(44)36(20-29)45-3)7-5-14-39-37-21-30(13-15-40-37)27(8-6-16-41)18-32-24-38-23-31(32)17-26/h23-24,26-30,34-37,39-41,44H,4,6,8-22H2,1-3H3/q+1/t26-,27+,28-,29?,30?,34+,35?,36?,37?/m0/s1. The van der Waals surface area contributed by atoms with Crippen LogP contribution in [0.25, 0.3) is 0 Å². The molecular formula is C37H58N3O6+. The highest BCUT2D eigenvalue weighted by Gasteiger charge is 2.35. The summed E-state index contributed by atoms with van der Waals surface area (Å²) in [7, 11) is 1.63. The molecule has 0 aromatic carbocycles. The van der Waals surface area contributed by atoms with Gasteiger partial charge in [-0.1, -0.05) is 25.2 Å². The number of carbonyl (C=O) groups excluding carboxylic acids is 2. The molecule has 3 aliphatic heterocycles. The van der Waals surface area contributed by atoms with Gasteiger partial charge in [0.15, 0.2) is 6.21 Å². The molecule has 4 aliphatic rings. The highest BCUT2D eigenvalue weighted by atomic mass is 16.5. The number of nitrogens with zero attached hydrogens (tertiary/aromatic N) is 1. The van der Waals surface area contributed by atoms with Crippen LogP contribution in [0.15, 0.2) is 16.1 Å². The average Bonchev–Trinajstić information content (AvgIpc) is 3.48. The van der Waals surface area contributed by atoms with E-state index in [0.29, 0.717) is 50.0 Å². The summed E-state index contributed by atoms with van der Waals surface area (Å²) in [5.74, 6) is 7.90. The van der Waals surface area contributed by atoms with Crippen molar-refractivity contribution in [3.63, 3.8) is 0 Å². The molecule has 9 atom stereocenters. The summed E-state index contributed by atoms with van der Waals surface area (Å²) < 4.78 is 11.3. The number of Topliss-reactive ketones (excluding diaryl/α,β-unsaturated/α-hetero) is 1. The van der Waals surface area contributed by atoms with Gasteiger partial charge in [-0.2, -0.15) is 0 Å². The van der Waals surface area contributed by atoms with Gasteiger partial charge in [-0.15, -0.1) is 4.99 Å². The van der Waals surface area contributed by atoms with Crippen LogP contribution in [0.2, 0.25) is 0 Å². The largest absolute Gasteiger partial charge is 0.462 e. The maximum absolute atomic E-state index is 13.6. The summed E-state index contributed by atoms with van der Waals surface area (Å²) >= 11 is 0. The van der Waals surface area contributed by atoms with Gasteiger partial charge in [0.25, 0.3) is 0 Å². The second-order valence-electron chi connectivity index (χ2n) is 14.0. The smallest absolute Gasteiger partial charge is 0.302 e. The average molecular weight is 641 g/mol. The fraction of sp³-hybridized carbons (Fsp3) is 0.784. The molecule has 9 heteroatoms. The number of rotatable bonds is 7. The Hall–Kier alpha value is -2.22. The van der Waals surface area contributed by atoms with Crippen LogP contribution in [0.4, 0.5) is 0 Å². The van der Waals surface area contributed by atoms with Gasteiger partial charge in [0.1, 0.15) is 24.0 Å². The summed E-state index contributed by atoms with van der Waals surface area (Å²) in [4.78, 5) is 30.2. The van der Waals surface area contributed by atoms with Gasteiger partial charge in [-0.05, 0) is 88.0 Å². The Morgan fingerprint density at radius 1 is 1.09 bits per heavy atom. The van der Waals surface area contributed by atoms with Crippen molar-refractivity contribution in [2.75, 3.05) is 26.8 Å². The second-order valence-corrected chi connectivity index (χ2v) is 14.0. The Balaban J connectivity index is 1.58. The molecule has 0 aromatic rings. The molecule has 4 rings (SSSR count). The van der Waals surface area contributed by atoms with Crippen LogP contribution < -0.4 is 10.6 Å². The summed E-state index contributed by atoms with van der Waals surface area (Å²) in [6.07, 6.45) is 11.9. The Morgan fingerprint density at radius 3 is 2.70 bits per heavy atom. The summed E-state index contributed by atoms with van der Waals surface area (Å²) in [6.45, 7) is 7.32. The number of hydrogen-bond donors (Lipinski definition) is 4. The molecule has 3 heterocycles. The molecule has 2 fully saturated rings. The number of methoxy groups -OCH3 is 1. The van der Waals surface area contributed by atoms with Crippen LogP contribution in [0.3, 0.4) is 0 Å². The van der Waals surface area contributed by atoms with Crippen LogP contribution in [-0.4, -0.2) is 79.5 Å². The SMILES string of the molecule is CC[C@H]1CC[C@@H](OC(C)=O)CC(=O)C[C@@H](C2CCC(O)C(OC)C2)C#CCNC2CC(CCN2)[C@H](CCCO)CC2=C(C=N[CH+]2)C1. The van der Waals surface area contributed by atoms with Gasteiger partial charge in [0, 0.05) is 52.2 Å². The molecular weight excluding hydrogens is 582 g/mol. The summed E-state index contributed by atoms with van der Waals surface area (Å²) in [5, 5.41) is 27.4. The first-order chi connectivity index (χ1) is 22.3. The van der Waals surface area contributed by atoms with Gasteiger partial charge < -0.3 is 25.0 Å². The van der Waals surface area contributed by atoms with Crippen molar-refractivity contribution < 1.29 is 29.3 Å². The Labute approximate surface area is 276 Å². The lowest BCUT2D eigenvalue weighted by Crippen LogP contribution is -2.49. The van der Waals surface area contributed by atoms with E-state index in [1.165, 1.54) is 18.1 Å². The minimum Gasteiger partial charge on any atom is -0.462 e. The molecule has 46 heavy (non-hydrogen) atoms. The van der Waals surface area contributed by atoms with Gasteiger partial charge in [-0.25, -0.2) is 0 Å². The van der Waals surface area contributed by atoms with Crippen molar-refractivity contribution in [3.8, 4) is 11.8 Å². The maximum atomic E-state index is 13.6. The molecule has 256 valence electrons. The van der Waals surface area contributed by atoms with E-state index in [9.17, 15) is 19.8 Å². The minimum atomic E-state index is -0.495. The number of aliphatic imine (C=N–C) groups is 1. The third kappa shape index (κ3) is 11.2. The van der Waals surface area contributed by atoms with E-state index in [-0.39, 0.29) is 48.9 Å². The highest BCUT2D eigenvalue weighted by Crippen LogP contribution is 2.37. The monoisotopic (exact) mass is 640 g/mol. The molecule has 9 nitrogen and oxygen atoms in total. The molecule has 1 saturated heterocycles. The number of carbonyl (C=O) groups is 2. The van der Waals surface area contributed by atoms with E-state index in [1.807, 2.05) is 12.8 Å². The number of aliphatic hydroxyl groups excluding tert-OH is 2. The first kappa shape index (κ1) is 36.6. The number of aliphatic hydroxyl groups is 2. The topological polar surface area (TPSA) is 129 Å². The number of ether oxygens (including phenoxy) is 2. The van der Waals surface area contributed by atoms with E-state index < -0.39 is 12.2 Å². The minimum absolute atomic E-state index is 0.0641. The normalized spacial score (nSPS) is 35.0. The first-order valence-corrected chi connectivity index (χ1v) is 17.8. The second kappa shape index (κ2) is 18.9. The Morgan fingerprint density at radius 2 is 1.93 bits per heavy atom. The van der Waals surface area contributed by atoms with E-state index in [1.54, 1.807) is 7.11 Å². The first-order valence-electron chi connectivity index (χ1n) is 17.8. The van der Waals surface area contributed by atoms with Gasteiger partial charge in [0.05, 0.1) is 30.5 Å². The maximum Gasteiger partial charge on any atom is 0.302 e. The lowest BCUT2D eigenvalue weighted by Gasteiger charge is -2.36. The molecule has 1 aliphatic carbocycles. The number of fused-ring (bicyclic) bond motifs is 2. The molecule has 0 aromatic heterocycles. The van der Waals surface area contributed by atoms with Crippen molar-refractivity contribution in [3.05, 3.63) is 17.7 Å². The predicted molar refractivity (Wildman–Crippen MR) is 180 cm³/mol. The zero-order valence-corrected chi connectivity index (χ0v) is 28.3. The summed E-state index contributed by atoms with van der Waals surface area (Å²) in [6, 6.07) is 0. The van der Waals surface area contributed by atoms with E-state index in [2.05, 4.69) is 34.4 Å². The highest BCUT2D eigenvalue weighted by molar-refractivity contribution is 5.84. The molecule has 0 amide bonds. The lowest BCUT2D eigenvalue weighted by atomic mass is 9.75. The zero-order chi connectivity index (χ0) is 32.9. The number of allylic oxidation sites excluding steroid dienone is 1.